The Morgan fingerprint density at radius 1 is 1.30 bits per heavy atom. The Kier molecular flexibility index (Phi) is 6.26. The Morgan fingerprint density at radius 3 is 2.50 bits per heavy atom. The van der Waals surface area contributed by atoms with Gasteiger partial charge >= 0.3 is 0 Å². The van der Waals surface area contributed by atoms with Crippen LogP contribution in [0.5, 0.6) is 0 Å². The molecule has 4 nitrogen and oxygen atoms in total. The molecule has 6 heteroatoms. The molecule has 1 aromatic heterocycles. The van der Waals surface area contributed by atoms with E-state index in [4.69, 9.17) is 17.3 Å². The van der Waals surface area contributed by atoms with Crippen LogP contribution in [0.3, 0.4) is 0 Å². The SMILES string of the molecule is CN(C)CCN1CCN(C(CN)c2ccc(Cl)s2)CC1. The summed E-state index contributed by atoms with van der Waals surface area (Å²) < 4.78 is 0.850. The second-order valence-corrected chi connectivity index (χ2v) is 7.32. The molecule has 20 heavy (non-hydrogen) atoms. The van der Waals surface area contributed by atoms with Gasteiger partial charge in [-0.15, -0.1) is 11.3 Å². The van der Waals surface area contributed by atoms with Crippen LogP contribution in [-0.4, -0.2) is 74.6 Å². The van der Waals surface area contributed by atoms with Gasteiger partial charge in [0.15, 0.2) is 0 Å². The molecule has 2 heterocycles. The molecule has 1 aliphatic heterocycles. The van der Waals surface area contributed by atoms with Gasteiger partial charge in [-0.2, -0.15) is 0 Å². The quantitative estimate of drug-likeness (QED) is 0.864. The summed E-state index contributed by atoms with van der Waals surface area (Å²) in [5.41, 5.74) is 5.98. The first-order valence-corrected chi connectivity index (χ1v) is 8.36. The van der Waals surface area contributed by atoms with E-state index in [-0.39, 0.29) is 0 Å². The molecule has 1 unspecified atom stereocenters. The second kappa shape index (κ2) is 7.73. The number of hydrogen-bond donors (Lipinski definition) is 1. The first-order chi connectivity index (χ1) is 9.60. The molecule has 0 bridgehead atoms. The van der Waals surface area contributed by atoms with Crippen LogP contribution >= 0.6 is 22.9 Å². The summed E-state index contributed by atoms with van der Waals surface area (Å²) in [7, 11) is 4.25. The maximum Gasteiger partial charge on any atom is 0.0931 e. The molecular weight excluding hydrogens is 292 g/mol. The largest absolute Gasteiger partial charge is 0.329 e. The number of piperazine rings is 1. The number of likely N-dealkylation sites (N-methyl/N-ethyl adjacent to an activating group) is 1. The molecule has 0 amide bonds. The first-order valence-electron chi connectivity index (χ1n) is 7.16. The number of hydrogen-bond acceptors (Lipinski definition) is 5. The van der Waals surface area contributed by atoms with Crippen LogP contribution < -0.4 is 5.73 Å². The lowest BCUT2D eigenvalue weighted by Gasteiger charge is -2.39. The Labute approximate surface area is 131 Å². The van der Waals surface area contributed by atoms with Crippen LogP contribution in [0.4, 0.5) is 0 Å². The molecular formula is C14H25ClN4S. The van der Waals surface area contributed by atoms with Gasteiger partial charge in [0, 0.05) is 50.7 Å². The van der Waals surface area contributed by atoms with E-state index in [1.54, 1.807) is 11.3 Å². The molecule has 1 atom stereocenters. The third-order valence-electron chi connectivity index (χ3n) is 3.86. The van der Waals surface area contributed by atoms with Gasteiger partial charge in [0.2, 0.25) is 0 Å². The van der Waals surface area contributed by atoms with Gasteiger partial charge in [0.25, 0.3) is 0 Å². The maximum absolute atomic E-state index is 6.04. The lowest BCUT2D eigenvalue weighted by Crippen LogP contribution is -2.50. The predicted molar refractivity (Wildman–Crippen MR) is 87.7 cm³/mol. The minimum Gasteiger partial charge on any atom is -0.329 e. The minimum atomic E-state index is 0.323. The summed E-state index contributed by atoms with van der Waals surface area (Å²) in [4.78, 5) is 8.56. The van der Waals surface area contributed by atoms with E-state index in [9.17, 15) is 0 Å². The smallest absolute Gasteiger partial charge is 0.0931 e. The Hall–Kier alpha value is -0.170. The summed E-state index contributed by atoms with van der Waals surface area (Å²) in [6.07, 6.45) is 0. The van der Waals surface area contributed by atoms with E-state index in [0.29, 0.717) is 12.6 Å². The lowest BCUT2D eigenvalue weighted by atomic mass is 10.1. The highest BCUT2D eigenvalue weighted by Gasteiger charge is 2.24. The number of nitrogens with zero attached hydrogens (tertiary/aromatic N) is 3. The monoisotopic (exact) mass is 316 g/mol. The summed E-state index contributed by atoms with van der Waals surface area (Å²) in [6.45, 7) is 7.37. The molecule has 1 saturated heterocycles. The fourth-order valence-corrected chi connectivity index (χ4v) is 3.80. The van der Waals surface area contributed by atoms with Crippen molar-refractivity contribution in [2.24, 2.45) is 5.73 Å². The topological polar surface area (TPSA) is 35.7 Å². The third-order valence-corrected chi connectivity index (χ3v) is 5.19. The van der Waals surface area contributed by atoms with Crippen LogP contribution in [0.2, 0.25) is 4.34 Å². The fraction of sp³-hybridized carbons (Fsp3) is 0.714. The van der Waals surface area contributed by atoms with Gasteiger partial charge in [0.1, 0.15) is 0 Å². The first kappa shape index (κ1) is 16.2. The highest BCUT2D eigenvalue weighted by molar-refractivity contribution is 7.16. The van der Waals surface area contributed by atoms with Gasteiger partial charge in [-0.05, 0) is 26.2 Å². The van der Waals surface area contributed by atoms with Crippen molar-refractivity contribution in [3.63, 3.8) is 0 Å². The molecule has 2 N–H and O–H groups in total. The number of nitrogens with two attached hydrogens (primary N) is 1. The maximum atomic E-state index is 6.04. The van der Waals surface area contributed by atoms with Crippen LogP contribution in [0.15, 0.2) is 12.1 Å². The van der Waals surface area contributed by atoms with Crippen molar-refractivity contribution >= 4 is 22.9 Å². The van der Waals surface area contributed by atoms with Crippen molar-refractivity contribution in [2.45, 2.75) is 6.04 Å². The van der Waals surface area contributed by atoms with E-state index in [0.717, 1.165) is 43.6 Å². The summed E-state index contributed by atoms with van der Waals surface area (Å²) >= 11 is 7.69. The standard InChI is InChI=1S/C14H25ClN4S/c1-17(2)5-6-18-7-9-19(10-8-18)12(11-16)13-3-4-14(15)20-13/h3-4,12H,5-11,16H2,1-2H3. The van der Waals surface area contributed by atoms with Crippen molar-refractivity contribution in [3.05, 3.63) is 21.3 Å². The van der Waals surface area contributed by atoms with E-state index in [1.807, 2.05) is 6.07 Å². The average molecular weight is 317 g/mol. The molecule has 2 rings (SSSR count). The molecule has 1 aliphatic rings. The molecule has 1 fully saturated rings. The third kappa shape index (κ3) is 4.41. The summed E-state index contributed by atoms with van der Waals surface area (Å²) in [5.74, 6) is 0. The van der Waals surface area contributed by atoms with Crippen molar-refractivity contribution in [3.8, 4) is 0 Å². The number of halogens is 1. The molecule has 0 aromatic carbocycles. The highest BCUT2D eigenvalue weighted by atomic mass is 35.5. The second-order valence-electron chi connectivity index (χ2n) is 5.57. The Morgan fingerprint density at radius 2 is 2.00 bits per heavy atom. The van der Waals surface area contributed by atoms with E-state index in [2.05, 4.69) is 34.9 Å². The zero-order valence-corrected chi connectivity index (χ0v) is 14.0. The van der Waals surface area contributed by atoms with Crippen LogP contribution in [0, 0.1) is 0 Å². The Bertz CT molecular complexity index is 402. The molecule has 1 aromatic rings. The van der Waals surface area contributed by atoms with Gasteiger partial charge in [-0.1, -0.05) is 11.6 Å². The van der Waals surface area contributed by atoms with Crippen molar-refractivity contribution in [2.75, 3.05) is 59.9 Å². The highest BCUT2D eigenvalue weighted by Crippen LogP contribution is 2.30. The Balaban J connectivity index is 1.85. The van der Waals surface area contributed by atoms with E-state index < -0.39 is 0 Å². The fourth-order valence-electron chi connectivity index (χ4n) is 2.59. The molecule has 0 spiro atoms. The predicted octanol–water partition coefficient (Wildman–Crippen LogP) is 1.58. The van der Waals surface area contributed by atoms with Crippen LogP contribution in [0.1, 0.15) is 10.9 Å². The summed E-state index contributed by atoms with van der Waals surface area (Å²) in [6, 6.07) is 4.41. The minimum absolute atomic E-state index is 0.323. The molecule has 0 aliphatic carbocycles. The van der Waals surface area contributed by atoms with Crippen LogP contribution in [0.25, 0.3) is 0 Å². The van der Waals surface area contributed by atoms with Gasteiger partial charge in [-0.25, -0.2) is 0 Å². The molecule has 114 valence electrons. The number of rotatable bonds is 6. The lowest BCUT2D eigenvalue weighted by molar-refractivity contribution is 0.0952. The van der Waals surface area contributed by atoms with Crippen molar-refractivity contribution in [1.82, 2.24) is 14.7 Å². The normalized spacial score (nSPS) is 19.6. The molecule has 0 saturated carbocycles. The zero-order valence-electron chi connectivity index (χ0n) is 12.4. The number of thiophene rings is 1. The van der Waals surface area contributed by atoms with Gasteiger partial charge in [0.05, 0.1) is 10.4 Å². The van der Waals surface area contributed by atoms with Crippen molar-refractivity contribution in [1.29, 1.82) is 0 Å². The van der Waals surface area contributed by atoms with E-state index >= 15 is 0 Å². The average Bonchev–Trinajstić information content (AvgIpc) is 2.85. The van der Waals surface area contributed by atoms with Gasteiger partial charge < -0.3 is 10.6 Å². The van der Waals surface area contributed by atoms with Crippen molar-refractivity contribution < 1.29 is 0 Å². The van der Waals surface area contributed by atoms with E-state index in [1.165, 1.54) is 4.88 Å². The molecule has 0 radical (unpaired) electrons. The van der Waals surface area contributed by atoms with Gasteiger partial charge in [-0.3, -0.25) is 9.80 Å². The zero-order chi connectivity index (χ0) is 14.5. The van der Waals surface area contributed by atoms with Crippen LogP contribution in [-0.2, 0) is 0 Å². The summed E-state index contributed by atoms with van der Waals surface area (Å²) in [5, 5.41) is 0.